The predicted octanol–water partition coefficient (Wildman–Crippen LogP) is -0.416. The highest BCUT2D eigenvalue weighted by Crippen LogP contribution is 1.87. The Kier molecular flexibility index (Phi) is 9.21. The van der Waals surface area contributed by atoms with Crippen molar-refractivity contribution in [2.24, 2.45) is 0 Å². The minimum absolute atomic E-state index is 0.00601. The maximum Gasteiger partial charge on any atom is 0.245 e. The van der Waals surface area contributed by atoms with E-state index in [1.165, 1.54) is 0 Å². The van der Waals surface area contributed by atoms with Crippen LogP contribution in [0.2, 0.25) is 0 Å². The molecule has 0 spiro atoms. The minimum atomic E-state index is -0.00601. The summed E-state index contributed by atoms with van der Waals surface area (Å²) in [6.07, 6.45) is 11.8. The first-order valence-corrected chi connectivity index (χ1v) is 8.75. The zero-order valence-electron chi connectivity index (χ0n) is 15.0. The van der Waals surface area contributed by atoms with E-state index in [-0.39, 0.29) is 6.73 Å². The van der Waals surface area contributed by atoms with E-state index in [9.17, 15) is 0 Å². The van der Waals surface area contributed by atoms with Gasteiger partial charge >= 0.3 is 0 Å². The van der Waals surface area contributed by atoms with Gasteiger partial charge in [-0.1, -0.05) is 0 Å². The molecule has 8 nitrogen and oxygen atoms in total. The Labute approximate surface area is 148 Å². The number of aliphatic hydroxyl groups excluding tert-OH is 1. The van der Waals surface area contributed by atoms with Gasteiger partial charge < -0.3 is 19.3 Å². The molecule has 0 aliphatic carbocycles. The van der Waals surface area contributed by atoms with Gasteiger partial charge in [0.2, 0.25) is 12.7 Å². The lowest BCUT2D eigenvalue weighted by Crippen LogP contribution is -2.33. The Hall–Kier alpha value is -1.74. The van der Waals surface area contributed by atoms with Crippen LogP contribution < -0.4 is 9.13 Å². The van der Waals surface area contributed by atoms with Gasteiger partial charge in [-0.3, -0.25) is 0 Å². The first kappa shape index (κ1) is 19.6. The van der Waals surface area contributed by atoms with Gasteiger partial charge in [0.1, 0.15) is 37.9 Å². The van der Waals surface area contributed by atoms with Crippen LogP contribution in [0.1, 0.15) is 6.92 Å². The van der Waals surface area contributed by atoms with Gasteiger partial charge in [-0.25, -0.2) is 18.3 Å². The van der Waals surface area contributed by atoms with Crippen molar-refractivity contribution in [3.05, 3.63) is 37.4 Å². The van der Waals surface area contributed by atoms with Crippen LogP contribution in [0.25, 0.3) is 0 Å². The number of aryl methyl sites for hydroxylation is 1. The van der Waals surface area contributed by atoms with E-state index in [4.69, 9.17) is 19.3 Å². The van der Waals surface area contributed by atoms with Crippen molar-refractivity contribution >= 4 is 0 Å². The van der Waals surface area contributed by atoms with Crippen molar-refractivity contribution in [3.8, 4) is 0 Å². The third kappa shape index (κ3) is 7.78. The molecule has 0 radical (unpaired) electrons. The van der Waals surface area contributed by atoms with Gasteiger partial charge in [0.25, 0.3) is 0 Å². The van der Waals surface area contributed by atoms with Crippen LogP contribution in [0.4, 0.5) is 0 Å². The number of rotatable bonds is 14. The summed E-state index contributed by atoms with van der Waals surface area (Å²) in [5.41, 5.74) is 0. The smallest absolute Gasteiger partial charge is 0.245 e. The second kappa shape index (κ2) is 11.8. The molecule has 0 aliphatic heterocycles. The van der Waals surface area contributed by atoms with E-state index in [0.717, 1.165) is 19.6 Å². The molecule has 0 saturated heterocycles. The number of nitrogens with zero attached hydrogens (tertiary/aromatic N) is 4. The molecular weight excluding hydrogens is 324 g/mol. The second-order valence-electron chi connectivity index (χ2n) is 5.63. The topological polar surface area (TPSA) is 65.5 Å². The van der Waals surface area contributed by atoms with Crippen LogP contribution in [-0.2, 0) is 40.6 Å². The SMILES string of the molecule is CCn1cc[n+](CCOCCOCCOCCn2cc[n+](CO)c2)c1. The van der Waals surface area contributed by atoms with Crippen molar-refractivity contribution in [2.45, 2.75) is 33.3 Å². The fourth-order valence-corrected chi connectivity index (χ4v) is 2.29. The Morgan fingerprint density at radius 1 is 0.800 bits per heavy atom. The molecule has 0 amide bonds. The molecule has 2 aromatic rings. The lowest BCUT2D eigenvalue weighted by Gasteiger charge is -2.05. The highest BCUT2D eigenvalue weighted by Gasteiger charge is 2.02. The van der Waals surface area contributed by atoms with Crippen LogP contribution in [-0.4, -0.2) is 53.9 Å². The largest absolute Gasteiger partial charge is 0.377 e. The molecule has 0 aliphatic rings. The maximum atomic E-state index is 8.96. The van der Waals surface area contributed by atoms with Gasteiger partial charge in [-0.2, -0.15) is 0 Å². The van der Waals surface area contributed by atoms with Crippen LogP contribution in [0.3, 0.4) is 0 Å². The molecule has 2 rings (SSSR count). The lowest BCUT2D eigenvalue weighted by molar-refractivity contribution is -0.729. The van der Waals surface area contributed by atoms with Gasteiger partial charge in [0, 0.05) is 0 Å². The molecule has 25 heavy (non-hydrogen) atoms. The predicted molar refractivity (Wildman–Crippen MR) is 89.6 cm³/mol. The van der Waals surface area contributed by atoms with Crippen molar-refractivity contribution in [2.75, 3.05) is 39.6 Å². The first-order chi connectivity index (χ1) is 12.3. The van der Waals surface area contributed by atoms with Crippen LogP contribution in [0, 0.1) is 0 Å². The summed E-state index contributed by atoms with van der Waals surface area (Å²) in [5, 5.41) is 8.96. The highest BCUT2D eigenvalue weighted by molar-refractivity contribution is 4.65. The number of hydrogen-bond acceptors (Lipinski definition) is 4. The van der Waals surface area contributed by atoms with E-state index in [1.54, 1.807) is 4.57 Å². The average molecular weight is 354 g/mol. The van der Waals surface area contributed by atoms with Crippen molar-refractivity contribution in [1.29, 1.82) is 0 Å². The Balaban J connectivity index is 1.36. The Morgan fingerprint density at radius 3 is 2.04 bits per heavy atom. The molecule has 0 unspecified atom stereocenters. The highest BCUT2D eigenvalue weighted by atomic mass is 16.5. The summed E-state index contributed by atoms with van der Waals surface area (Å²) in [7, 11) is 0. The van der Waals surface area contributed by atoms with E-state index < -0.39 is 0 Å². The molecule has 0 fully saturated rings. The molecule has 8 heteroatoms. The Bertz CT molecular complexity index is 534. The van der Waals surface area contributed by atoms with Crippen molar-refractivity contribution in [3.63, 3.8) is 0 Å². The standard InChI is InChI=1S/C17H30N4O4/c1-2-18-3-4-19(15-18)7-9-23-11-13-25-14-12-24-10-8-20-5-6-21(16-20)17-22/h3-6,15-16,22H,2,7-14,17H2,1H3/q+2. The third-order valence-electron chi connectivity index (χ3n) is 3.75. The first-order valence-electron chi connectivity index (χ1n) is 8.75. The average Bonchev–Trinajstić information content (AvgIpc) is 3.28. The molecule has 0 aromatic carbocycles. The molecule has 0 bridgehead atoms. The molecule has 2 heterocycles. The number of aromatic nitrogens is 4. The third-order valence-corrected chi connectivity index (χ3v) is 3.75. The summed E-state index contributed by atoms with van der Waals surface area (Å²) >= 11 is 0. The van der Waals surface area contributed by atoms with Gasteiger partial charge in [0.05, 0.1) is 46.2 Å². The molecule has 0 atom stereocenters. The molecule has 0 saturated carbocycles. The van der Waals surface area contributed by atoms with Gasteiger partial charge in [-0.15, -0.1) is 0 Å². The van der Waals surface area contributed by atoms with Crippen LogP contribution in [0.5, 0.6) is 0 Å². The van der Waals surface area contributed by atoms with E-state index in [0.29, 0.717) is 39.6 Å². The van der Waals surface area contributed by atoms with Crippen LogP contribution in [0.15, 0.2) is 37.4 Å². The van der Waals surface area contributed by atoms with E-state index in [2.05, 4.69) is 34.8 Å². The van der Waals surface area contributed by atoms with E-state index >= 15 is 0 Å². The maximum absolute atomic E-state index is 8.96. The van der Waals surface area contributed by atoms with Crippen molar-refractivity contribution < 1.29 is 28.5 Å². The fourth-order valence-electron chi connectivity index (χ4n) is 2.29. The lowest BCUT2D eigenvalue weighted by atomic mass is 10.6. The van der Waals surface area contributed by atoms with Crippen LogP contribution >= 0.6 is 0 Å². The summed E-state index contributed by atoms with van der Waals surface area (Å²) in [6.45, 7) is 8.33. The number of aliphatic hydroxyl groups is 1. The molecule has 1 N–H and O–H groups in total. The zero-order chi connectivity index (χ0) is 17.7. The summed E-state index contributed by atoms with van der Waals surface area (Å²) in [4.78, 5) is 0. The summed E-state index contributed by atoms with van der Waals surface area (Å²) in [5.74, 6) is 0. The quantitative estimate of drug-likeness (QED) is 0.370. The molecule has 140 valence electrons. The minimum Gasteiger partial charge on any atom is -0.377 e. The fraction of sp³-hybridized carbons (Fsp3) is 0.647. The monoisotopic (exact) mass is 354 g/mol. The zero-order valence-corrected chi connectivity index (χ0v) is 15.0. The second-order valence-corrected chi connectivity index (χ2v) is 5.63. The summed E-state index contributed by atoms with van der Waals surface area (Å²) < 4.78 is 24.5. The Morgan fingerprint density at radius 2 is 1.40 bits per heavy atom. The molecule has 2 aromatic heterocycles. The molecular formula is C17H30N4O4+2. The van der Waals surface area contributed by atoms with Gasteiger partial charge in [0.15, 0.2) is 6.73 Å². The van der Waals surface area contributed by atoms with Gasteiger partial charge in [-0.05, 0) is 6.92 Å². The number of imidazole rings is 2. The number of hydrogen-bond donors (Lipinski definition) is 1. The normalized spacial score (nSPS) is 11.3. The van der Waals surface area contributed by atoms with Crippen molar-refractivity contribution in [1.82, 2.24) is 9.13 Å². The summed E-state index contributed by atoms with van der Waals surface area (Å²) in [6, 6.07) is 0. The number of ether oxygens (including phenoxy) is 3. The van der Waals surface area contributed by atoms with E-state index in [1.807, 2.05) is 23.3 Å².